The number of ether oxygens (including phenoxy) is 2. The zero-order chi connectivity index (χ0) is 26.3. The van der Waals surface area contributed by atoms with Crippen molar-refractivity contribution in [1.29, 1.82) is 0 Å². The van der Waals surface area contributed by atoms with E-state index in [1.807, 2.05) is 25.1 Å². The van der Waals surface area contributed by atoms with Crippen LogP contribution in [0.5, 0.6) is 11.5 Å². The number of benzene rings is 1. The topological polar surface area (TPSA) is 55.8 Å². The molecule has 0 spiro atoms. The highest BCUT2D eigenvalue weighted by Gasteiger charge is 2.48. The molecule has 0 fully saturated rings. The SMILES string of the molecule is CCCOc1ccc(C2C3=C(CC(C)(C)CC3=O)N(CCC)C3=C2C(=O)CC(C)(C)C3)cc1OCC. The molecular weight excluding hydrogens is 450 g/mol. The minimum Gasteiger partial charge on any atom is -0.490 e. The highest BCUT2D eigenvalue weighted by molar-refractivity contribution is 6.06. The Hall–Kier alpha value is -2.56. The van der Waals surface area contributed by atoms with Crippen molar-refractivity contribution in [3.8, 4) is 11.5 Å². The zero-order valence-electron chi connectivity index (χ0n) is 23.3. The summed E-state index contributed by atoms with van der Waals surface area (Å²) < 4.78 is 11.9. The second-order valence-electron chi connectivity index (χ2n) is 12.2. The number of Topliss-reactive ketones (excluding diaryl/α,β-unsaturated/α-hetero) is 2. The second-order valence-corrected chi connectivity index (χ2v) is 12.2. The third-order valence-electron chi connectivity index (χ3n) is 7.53. The molecule has 0 saturated carbocycles. The van der Waals surface area contributed by atoms with Gasteiger partial charge in [0.1, 0.15) is 0 Å². The highest BCUT2D eigenvalue weighted by atomic mass is 16.5. The van der Waals surface area contributed by atoms with Crippen LogP contribution in [0.3, 0.4) is 0 Å². The summed E-state index contributed by atoms with van der Waals surface area (Å²) in [6, 6.07) is 5.98. The number of ketones is 2. The lowest BCUT2D eigenvalue weighted by Crippen LogP contribution is -2.44. The van der Waals surface area contributed by atoms with Gasteiger partial charge in [-0.2, -0.15) is 0 Å². The Balaban J connectivity index is 1.94. The molecule has 0 radical (unpaired) electrons. The minimum atomic E-state index is -0.352. The summed E-state index contributed by atoms with van der Waals surface area (Å²) in [6.07, 6.45) is 4.54. The van der Waals surface area contributed by atoms with Crippen LogP contribution in [0.25, 0.3) is 0 Å². The van der Waals surface area contributed by atoms with Crippen molar-refractivity contribution in [3.63, 3.8) is 0 Å². The molecule has 0 bridgehead atoms. The summed E-state index contributed by atoms with van der Waals surface area (Å²) in [4.78, 5) is 30.0. The number of carbonyl (C=O) groups is 2. The van der Waals surface area contributed by atoms with Crippen LogP contribution in [-0.2, 0) is 9.59 Å². The first kappa shape index (κ1) is 26.5. The van der Waals surface area contributed by atoms with Crippen LogP contribution in [-0.4, -0.2) is 36.2 Å². The van der Waals surface area contributed by atoms with E-state index in [1.54, 1.807) is 0 Å². The number of hydrogen-bond acceptors (Lipinski definition) is 5. The lowest BCUT2D eigenvalue weighted by Gasteiger charge is -2.49. The fourth-order valence-electron chi connectivity index (χ4n) is 6.18. The van der Waals surface area contributed by atoms with E-state index in [2.05, 4.69) is 46.4 Å². The Labute approximate surface area is 216 Å². The summed E-state index contributed by atoms with van der Waals surface area (Å²) in [7, 11) is 0. The Morgan fingerprint density at radius 3 is 1.89 bits per heavy atom. The van der Waals surface area contributed by atoms with E-state index in [4.69, 9.17) is 9.47 Å². The number of hydrogen-bond donors (Lipinski definition) is 0. The van der Waals surface area contributed by atoms with Gasteiger partial charge in [-0.3, -0.25) is 9.59 Å². The normalized spacial score (nSPS) is 21.5. The first-order chi connectivity index (χ1) is 17.0. The van der Waals surface area contributed by atoms with E-state index in [-0.39, 0.29) is 28.3 Å². The quantitative estimate of drug-likeness (QED) is 0.391. The molecule has 0 unspecified atom stereocenters. The van der Waals surface area contributed by atoms with E-state index in [0.717, 1.165) is 60.3 Å². The smallest absolute Gasteiger partial charge is 0.162 e. The van der Waals surface area contributed by atoms with Gasteiger partial charge in [-0.05, 0) is 61.1 Å². The van der Waals surface area contributed by atoms with Crippen LogP contribution in [0, 0.1) is 10.8 Å². The molecule has 1 aliphatic heterocycles. The van der Waals surface area contributed by atoms with Gasteiger partial charge in [-0.25, -0.2) is 0 Å². The maximum atomic E-state index is 13.8. The molecule has 0 N–H and O–H groups in total. The summed E-state index contributed by atoms with van der Waals surface area (Å²) in [5.41, 5.74) is 4.62. The van der Waals surface area contributed by atoms with Crippen LogP contribution in [0.2, 0.25) is 0 Å². The number of nitrogens with zero attached hydrogens (tertiary/aromatic N) is 1. The first-order valence-corrected chi connectivity index (χ1v) is 13.7. The Kier molecular flexibility index (Phi) is 7.41. The fraction of sp³-hybridized carbons (Fsp3) is 0.613. The van der Waals surface area contributed by atoms with E-state index in [0.29, 0.717) is 37.6 Å². The Bertz CT molecular complexity index is 1050. The van der Waals surface area contributed by atoms with Crippen molar-refractivity contribution in [2.45, 2.75) is 92.9 Å². The number of rotatable bonds is 8. The predicted octanol–water partition coefficient (Wildman–Crippen LogP) is 6.97. The Morgan fingerprint density at radius 2 is 1.39 bits per heavy atom. The van der Waals surface area contributed by atoms with Crippen LogP contribution in [0.15, 0.2) is 40.7 Å². The Morgan fingerprint density at radius 1 is 0.806 bits per heavy atom. The zero-order valence-corrected chi connectivity index (χ0v) is 23.3. The maximum absolute atomic E-state index is 13.8. The predicted molar refractivity (Wildman–Crippen MR) is 143 cm³/mol. The maximum Gasteiger partial charge on any atom is 0.162 e. The average molecular weight is 494 g/mol. The van der Waals surface area contributed by atoms with E-state index in [1.165, 1.54) is 0 Å². The van der Waals surface area contributed by atoms with Crippen LogP contribution in [0.4, 0.5) is 0 Å². The highest BCUT2D eigenvalue weighted by Crippen LogP contribution is 2.54. The molecule has 0 saturated heterocycles. The largest absolute Gasteiger partial charge is 0.490 e. The van der Waals surface area contributed by atoms with E-state index in [9.17, 15) is 9.59 Å². The third-order valence-corrected chi connectivity index (χ3v) is 7.53. The van der Waals surface area contributed by atoms with Gasteiger partial charge in [0.05, 0.1) is 13.2 Å². The van der Waals surface area contributed by atoms with Gasteiger partial charge < -0.3 is 14.4 Å². The molecule has 2 aliphatic carbocycles. The standard InChI is InChI=1S/C31H43NO4/c1-8-13-32-21-16-30(4,5)18-23(33)28(21)27(29-22(32)17-31(6,7)19-24(29)34)20-11-12-25(36-14-9-2)26(15-20)35-10-3/h11-12,15,27H,8-10,13-14,16-19H2,1-7H3. The van der Waals surface area contributed by atoms with Gasteiger partial charge in [0, 0.05) is 47.8 Å². The minimum absolute atomic E-state index is 0.104. The summed E-state index contributed by atoms with van der Waals surface area (Å²) >= 11 is 0. The molecule has 36 heavy (non-hydrogen) atoms. The van der Waals surface area contributed by atoms with Crippen molar-refractivity contribution in [2.24, 2.45) is 10.8 Å². The fourth-order valence-corrected chi connectivity index (χ4v) is 6.18. The summed E-state index contributed by atoms with van der Waals surface area (Å²) in [5.74, 6) is 1.37. The first-order valence-electron chi connectivity index (χ1n) is 13.7. The number of allylic oxidation sites excluding steroid dienone is 4. The molecule has 1 aromatic carbocycles. The summed E-state index contributed by atoms with van der Waals surface area (Å²) in [5, 5.41) is 0. The van der Waals surface area contributed by atoms with Crippen molar-refractivity contribution >= 4 is 11.6 Å². The molecule has 5 heteroatoms. The lowest BCUT2D eigenvalue weighted by atomic mass is 9.63. The monoisotopic (exact) mass is 493 g/mol. The molecule has 1 aromatic rings. The van der Waals surface area contributed by atoms with Crippen molar-refractivity contribution in [3.05, 3.63) is 46.3 Å². The van der Waals surface area contributed by atoms with Gasteiger partial charge in [0.15, 0.2) is 23.1 Å². The molecule has 4 rings (SSSR count). The molecular formula is C31H43NO4. The lowest BCUT2D eigenvalue weighted by molar-refractivity contribution is -0.119. The molecule has 5 nitrogen and oxygen atoms in total. The van der Waals surface area contributed by atoms with Crippen molar-refractivity contribution in [1.82, 2.24) is 4.90 Å². The average Bonchev–Trinajstić information content (AvgIpc) is 2.78. The van der Waals surface area contributed by atoms with Gasteiger partial charge in [0.25, 0.3) is 0 Å². The van der Waals surface area contributed by atoms with Crippen molar-refractivity contribution < 1.29 is 19.1 Å². The van der Waals surface area contributed by atoms with Crippen LogP contribution in [0.1, 0.15) is 98.5 Å². The summed E-state index contributed by atoms with van der Waals surface area (Å²) in [6.45, 7) is 16.9. The molecule has 0 aromatic heterocycles. The van der Waals surface area contributed by atoms with Gasteiger partial charge >= 0.3 is 0 Å². The van der Waals surface area contributed by atoms with Gasteiger partial charge in [0.2, 0.25) is 0 Å². The number of carbonyl (C=O) groups excluding carboxylic acids is 2. The van der Waals surface area contributed by atoms with Crippen LogP contribution >= 0.6 is 0 Å². The molecule has 0 atom stereocenters. The molecule has 0 amide bonds. The van der Waals surface area contributed by atoms with E-state index < -0.39 is 0 Å². The molecule has 3 aliphatic rings. The van der Waals surface area contributed by atoms with E-state index >= 15 is 0 Å². The van der Waals surface area contributed by atoms with Gasteiger partial charge in [-0.15, -0.1) is 0 Å². The molecule has 196 valence electrons. The van der Waals surface area contributed by atoms with Gasteiger partial charge in [-0.1, -0.05) is 47.6 Å². The van der Waals surface area contributed by atoms with Crippen LogP contribution < -0.4 is 9.47 Å². The third kappa shape index (κ3) is 4.99. The second kappa shape index (κ2) is 10.1. The van der Waals surface area contributed by atoms with Crippen molar-refractivity contribution in [2.75, 3.05) is 19.8 Å². The molecule has 1 heterocycles.